The third kappa shape index (κ3) is 2.82. The van der Waals surface area contributed by atoms with E-state index in [1.165, 1.54) is 6.20 Å². The number of pyridine rings is 1. The highest BCUT2D eigenvalue weighted by Crippen LogP contribution is 2.14. The standard InChI is InChI=1S/C12H16N2O2/c1-4-7-14(9(2)3)11-6-5-10(8-13-11)12(15)16/h4-6,8-9H,1,7H2,2-3H3,(H,15,16). The predicted molar refractivity (Wildman–Crippen MR) is 63.9 cm³/mol. The second-order valence-electron chi connectivity index (χ2n) is 3.75. The molecule has 4 nitrogen and oxygen atoms in total. The first-order valence-electron chi connectivity index (χ1n) is 5.13. The number of anilines is 1. The topological polar surface area (TPSA) is 53.4 Å². The molecule has 0 unspecified atom stereocenters. The van der Waals surface area contributed by atoms with Crippen LogP contribution >= 0.6 is 0 Å². The second kappa shape index (κ2) is 5.30. The molecule has 0 radical (unpaired) electrons. The first-order valence-corrected chi connectivity index (χ1v) is 5.13. The highest BCUT2D eigenvalue weighted by molar-refractivity contribution is 5.87. The second-order valence-corrected chi connectivity index (χ2v) is 3.75. The summed E-state index contributed by atoms with van der Waals surface area (Å²) < 4.78 is 0. The van der Waals surface area contributed by atoms with Crippen LogP contribution in [0.3, 0.4) is 0 Å². The summed E-state index contributed by atoms with van der Waals surface area (Å²) in [7, 11) is 0. The lowest BCUT2D eigenvalue weighted by Gasteiger charge is -2.26. The van der Waals surface area contributed by atoms with Crippen molar-refractivity contribution in [2.45, 2.75) is 19.9 Å². The summed E-state index contributed by atoms with van der Waals surface area (Å²) in [6, 6.07) is 3.57. The van der Waals surface area contributed by atoms with Gasteiger partial charge in [0.25, 0.3) is 0 Å². The van der Waals surface area contributed by atoms with E-state index >= 15 is 0 Å². The number of carbonyl (C=O) groups is 1. The average molecular weight is 220 g/mol. The molecule has 0 aliphatic heterocycles. The molecule has 1 heterocycles. The summed E-state index contributed by atoms with van der Waals surface area (Å²) >= 11 is 0. The SMILES string of the molecule is C=CCN(c1ccc(C(=O)O)cn1)C(C)C. The van der Waals surface area contributed by atoms with Gasteiger partial charge in [-0.1, -0.05) is 6.08 Å². The van der Waals surface area contributed by atoms with Gasteiger partial charge in [-0.05, 0) is 26.0 Å². The van der Waals surface area contributed by atoms with Crippen molar-refractivity contribution in [1.29, 1.82) is 0 Å². The Morgan fingerprint density at radius 2 is 2.31 bits per heavy atom. The van der Waals surface area contributed by atoms with Crippen molar-refractivity contribution in [1.82, 2.24) is 4.98 Å². The highest BCUT2D eigenvalue weighted by atomic mass is 16.4. The van der Waals surface area contributed by atoms with Gasteiger partial charge < -0.3 is 10.0 Å². The molecule has 1 N–H and O–H groups in total. The third-order valence-corrected chi connectivity index (χ3v) is 2.24. The summed E-state index contributed by atoms with van der Waals surface area (Å²) in [5.41, 5.74) is 0.200. The lowest BCUT2D eigenvalue weighted by atomic mass is 10.2. The normalized spacial score (nSPS) is 10.2. The van der Waals surface area contributed by atoms with Crippen molar-refractivity contribution in [2.24, 2.45) is 0 Å². The number of hydrogen-bond acceptors (Lipinski definition) is 3. The number of hydrogen-bond donors (Lipinski definition) is 1. The highest BCUT2D eigenvalue weighted by Gasteiger charge is 2.11. The van der Waals surface area contributed by atoms with Gasteiger partial charge in [0.15, 0.2) is 0 Å². The molecule has 4 heteroatoms. The van der Waals surface area contributed by atoms with Crippen LogP contribution < -0.4 is 4.90 Å². The van der Waals surface area contributed by atoms with Gasteiger partial charge in [-0.2, -0.15) is 0 Å². The zero-order chi connectivity index (χ0) is 12.1. The van der Waals surface area contributed by atoms with Gasteiger partial charge in [-0.3, -0.25) is 0 Å². The van der Waals surface area contributed by atoms with Gasteiger partial charge in [0.05, 0.1) is 5.56 Å². The van der Waals surface area contributed by atoms with Gasteiger partial charge in [0.1, 0.15) is 5.82 Å². The first-order chi connectivity index (χ1) is 7.56. The molecular formula is C12H16N2O2. The molecule has 0 aliphatic carbocycles. The van der Waals surface area contributed by atoms with Crippen molar-refractivity contribution in [3.8, 4) is 0 Å². The van der Waals surface area contributed by atoms with Gasteiger partial charge in [-0.25, -0.2) is 9.78 Å². The Morgan fingerprint density at radius 3 is 2.69 bits per heavy atom. The molecule has 0 aliphatic rings. The van der Waals surface area contributed by atoms with Crippen LogP contribution in [0.2, 0.25) is 0 Å². The van der Waals surface area contributed by atoms with E-state index < -0.39 is 5.97 Å². The van der Waals surface area contributed by atoms with Crippen molar-refractivity contribution in [3.63, 3.8) is 0 Å². The van der Waals surface area contributed by atoms with Crippen LogP contribution in [0.25, 0.3) is 0 Å². The Morgan fingerprint density at radius 1 is 1.62 bits per heavy atom. The Kier molecular flexibility index (Phi) is 4.05. The lowest BCUT2D eigenvalue weighted by Crippen LogP contribution is -2.31. The lowest BCUT2D eigenvalue weighted by molar-refractivity contribution is 0.0696. The molecule has 0 saturated carbocycles. The molecule has 1 aromatic rings. The molecule has 0 atom stereocenters. The minimum Gasteiger partial charge on any atom is -0.478 e. The maximum atomic E-state index is 10.7. The fraction of sp³-hybridized carbons (Fsp3) is 0.333. The quantitative estimate of drug-likeness (QED) is 0.773. The fourth-order valence-corrected chi connectivity index (χ4v) is 1.39. The number of aromatic nitrogens is 1. The van der Waals surface area contributed by atoms with E-state index in [1.54, 1.807) is 18.2 Å². The molecule has 0 amide bonds. The summed E-state index contributed by atoms with van der Waals surface area (Å²) in [5, 5.41) is 8.76. The van der Waals surface area contributed by atoms with Crippen LogP contribution in [0.5, 0.6) is 0 Å². The molecule has 0 bridgehead atoms. The number of nitrogens with zero attached hydrogens (tertiary/aromatic N) is 2. The minimum atomic E-state index is -0.959. The molecule has 16 heavy (non-hydrogen) atoms. The molecule has 0 spiro atoms. The molecule has 1 rings (SSSR count). The van der Waals surface area contributed by atoms with Crippen LogP contribution in [0.15, 0.2) is 31.0 Å². The van der Waals surface area contributed by atoms with E-state index in [0.717, 1.165) is 5.82 Å². The van der Waals surface area contributed by atoms with Crippen molar-refractivity contribution in [2.75, 3.05) is 11.4 Å². The zero-order valence-corrected chi connectivity index (χ0v) is 9.55. The van der Waals surface area contributed by atoms with Crippen molar-refractivity contribution < 1.29 is 9.90 Å². The van der Waals surface area contributed by atoms with Gasteiger partial charge >= 0.3 is 5.97 Å². The largest absolute Gasteiger partial charge is 0.478 e. The summed E-state index contributed by atoms with van der Waals surface area (Å²) in [5.74, 6) is -0.196. The van der Waals surface area contributed by atoms with E-state index in [0.29, 0.717) is 12.6 Å². The summed E-state index contributed by atoms with van der Waals surface area (Å²) in [6.45, 7) is 8.49. The molecule has 0 saturated heterocycles. The molecule has 86 valence electrons. The number of aromatic carboxylic acids is 1. The van der Waals surface area contributed by atoms with Crippen molar-refractivity contribution >= 4 is 11.8 Å². The average Bonchev–Trinajstić information content (AvgIpc) is 2.25. The van der Waals surface area contributed by atoms with Crippen molar-refractivity contribution in [3.05, 3.63) is 36.5 Å². The van der Waals surface area contributed by atoms with Crippen LogP contribution in [0.1, 0.15) is 24.2 Å². The monoisotopic (exact) mass is 220 g/mol. The van der Waals surface area contributed by atoms with Crippen LogP contribution in [0, 0.1) is 0 Å². The number of carboxylic acids is 1. The Labute approximate surface area is 95.2 Å². The number of carboxylic acid groups (broad SMARTS) is 1. The number of rotatable bonds is 5. The van der Waals surface area contributed by atoms with Crippen LogP contribution in [0.4, 0.5) is 5.82 Å². The van der Waals surface area contributed by atoms with Gasteiger partial charge in [-0.15, -0.1) is 6.58 Å². The Balaban J connectivity index is 2.93. The van der Waals surface area contributed by atoms with E-state index in [1.807, 2.05) is 4.90 Å². The molecule has 0 aromatic carbocycles. The van der Waals surface area contributed by atoms with E-state index in [2.05, 4.69) is 25.4 Å². The Hall–Kier alpha value is -1.84. The fourth-order valence-electron chi connectivity index (χ4n) is 1.39. The zero-order valence-electron chi connectivity index (χ0n) is 9.55. The maximum Gasteiger partial charge on any atom is 0.337 e. The molecular weight excluding hydrogens is 204 g/mol. The maximum absolute atomic E-state index is 10.7. The van der Waals surface area contributed by atoms with E-state index in [4.69, 9.17) is 5.11 Å². The van der Waals surface area contributed by atoms with Crippen LogP contribution in [-0.2, 0) is 0 Å². The minimum absolute atomic E-state index is 0.200. The summed E-state index contributed by atoms with van der Waals surface area (Å²) in [4.78, 5) is 16.8. The Bertz CT molecular complexity index is 371. The summed E-state index contributed by atoms with van der Waals surface area (Å²) in [6.07, 6.45) is 3.17. The predicted octanol–water partition coefficient (Wildman–Crippen LogP) is 2.18. The first kappa shape index (κ1) is 12.2. The van der Waals surface area contributed by atoms with Gasteiger partial charge in [0, 0.05) is 18.8 Å². The molecule has 1 aromatic heterocycles. The van der Waals surface area contributed by atoms with Gasteiger partial charge in [0.2, 0.25) is 0 Å². The smallest absolute Gasteiger partial charge is 0.337 e. The van der Waals surface area contributed by atoms with Crippen LogP contribution in [-0.4, -0.2) is 28.6 Å². The van der Waals surface area contributed by atoms with E-state index in [-0.39, 0.29) is 5.56 Å². The molecule has 0 fully saturated rings. The van der Waals surface area contributed by atoms with E-state index in [9.17, 15) is 4.79 Å². The third-order valence-electron chi connectivity index (χ3n) is 2.24.